The number of rotatable bonds is 9. The molecule has 1 aromatic rings. The standard InChI is InChI=1S/C22H30N4O7/c27-12-17(25-19(29)15-3-1-9-23-15)21(31)26-10-2-4-18(26)20(30)24-16(22(32)33)11-13-5-7-14(28)8-6-13/h5-8,15-18,23,27-28H,1-4,9-12H2,(H,24,30)(H,25,29)(H,32,33). The van der Waals surface area contributed by atoms with Crippen molar-refractivity contribution < 1.29 is 34.5 Å². The summed E-state index contributed by atoms with van der Waals surface area (Å²) in [5, 5.41) is 36.7. The first-order chi connectivity index (χ1) is 15.8. The van der Waals surface area contributed by atoms with E-state index in [1.807, 2.05) is 0 Å². The third-order valence-electron chi connectivity index (χ3n) is 6.00. The Kier molecular flexibility index (Phi) is 8.23. The van der Waals surface area contributed by atoms with Gasteiger partial charge in [-0.2, -0.15) is 0 Å². The summed E-state index contributed by atoms with van der Waals surface area (Å²) in [5.41, 5.74) is 0.614. The Bertz CT molecular complexity index is 870. The Morgan fingerprint density at radius 2 is 1.73 bits per heavy atom. The summed E-state index contributed by atoms with van der Waals surface area (Å²) in [6, 6.07) is 2.28. The van der Waals surface area contributed by atoms with E-state index < -0.39 is 48.6 Å². The van der Waals surface area contributed by atoms with Crippen LogP contribution in [0.4, 0.5) is 0 Å². The van der Waals surface area contributed by atoms with Crippen LogP contribution in [0.2, 0.25) is 0 Å². The SMILES string of the molecule is O=C(O)C(Cc1ccc(O)cc1)NC(=O)C1CCCN1C(=O)C(CO)NC(=O)C1CCCN1. The fraction of sp³-hybridized carbons (Fsp3) is 0.545. The lowest BCUT2D eigenvalue weighted by Gasteiger charge is -2.29. The fourth-order valence-electron chi connectivity index (χ4n) is 4.21. The summed E-state index contributed by atoms with van der Waals surface area (Å²) >= 11 is 0. The minimum atomic E-state index is -1.23. The van der Waals surface area contributed by atoms with Crippen LogP contribution < -0.4 is 16.0 Å². The van der Waals surface area contributed by atoms with Crippen molar-refractivity contribution in [2.75, 3.05) is 19.7 Å². The Hall–Kier alpha value is -3.18. The lowest BCUT2D eigenvalue weighted by atomic mass is 10.0. The number of likely N-dealkylation sites (tertiary alicyclic amines) is 1. The highest BCUT2D eigenvalue weighted by atomic mass is 16.4. The van der Waals surface area contributed by atoms with Crippen molar-refractivity contribution in [2.24, 2.45) is 0 Å². The topological polar surface area (TPSA) is 168 Å². The zero-order valence-electron chi connectivity index (χ0n) is 18.2. The summed E-state index contributed by atoms with van der Waals surface area (Å²) in [4.78, 5) is 51.2. The number of aliphatic carboxylic acids is 1. The highest BCUT2D eigenvalue weighted by Crippen LogP contribution is 2.20. The number of amides is 3. The van der Waals surface area contributed by atoms with Crippen molar-refractivity contribution in [3.63, 3.8) is 0 Å². The number of carbonyl (C=O) groups is 4. The number of aromatic hydroxyl groups is 1. The number of hydrogen-bond donors (Lipinski definition) is 6. The molecule has 0 saturated carbocycles. The molecule has 1 aromatic carbocycles. The van der Waals surface area contributed by atoms with Gasteiger partial charge in [-0.25, -0.2) is 4.79 Å². The molecule has 33 heavy (non-hydrogen) atoms. The normalized spacial score (nSPS) is 21.9. The second-order valence-electron chi connectivity index (χ2n) is 8.35. The molecule has 2 fully saturated rings. The van der Waals surface area contributed by atoms with Crippen LogP contribution in [0.25, 0.3) is 0 Å². The molecule has 2 heterocycles. The molecular formula is C22H30N4O7. The van der Waals surface area contributed by atoms with Crippen molar-refractivity contribution in [1.29, 1.82) is 0 Å². The second kappa shape index (κ2) is 11.1. The molecule has 6 N–H and O–H groups in total. The molecule has 11 heteroatoms. The van der Waals surface area contributed by atoms with E-state index >= 15 is 0 Å². The minimum Gasteiger partial charge on any atom is -0.508 e. The van der Waals surface area contributed by atoms with Crippen LogP contribution in [0, 0.1) is 0 Å². The van der Waals surface area contributed by atoms with Gasteiger partial charge in [0, 0.05) is 13.0 Å². The van der Waals surface area contributed by atoms with Gasteiger partial charge >= 0.3 is 5.97 Å². The van der Waals surface area contributed by atoms with Crippen LogP contribution in [0.5, 0.6) is 5.75 Å². The third-order valence-corrected chi connectivity index (χ3v) is 6.00. The number of carboxylic acid groups (broad SMARTS) is 1. The van der Waals surface area contributed by atoms with E-state index in [0.29, 0.717) is 31.4 Å². The molecule has 2 saturated heterocycles. The summed E-state index contributed by atoms with van der Waals surface area (Å²) in [6.07, 6.45) is 2.38. The Morgan fingerprint density at radius 3 is 2.33 bits per heavy atom. The van der Waals surface area contributed by atoms with Crippen molar-refractivity contribution in [2.45, 2.75) is 56.3 Å². The summed E-state index contributed by atoms with van der Waals surface area (Å²) in [6.45, 7) is 0.362. The fourth-order valence-corrected chi connectivity index (χ4v) is 4.21. The lowest BCUT2D eigenvalue weighted by molar-refractivity contribution is -0.145. The van der Waals surface area contributed by atoms with Gasteiger partial charge in [0.1, 0.15) is 23.9 Å². The molecule has 2 aliphatic heterocycles. The molecule has 2 aliphatic rings. The predicted molar refractivity (Wildman–Crippen MR) is 116 cm³/mol. The largest absolute Gasteiger partial charge is 0.508 e. The number of phenols is 1. The predicted octanol–water partition coefficient (Wildman–Crippen LogP) is -1.28. The summed E-state index contributed by atoms with van der Waals surface area (Å²) in [7, 11) is 0. The van der Waals surface area contributed by atoms with Crippen molar-refractivity contribution in [3.8, 4) is 5.75 Å². The maximum absolute atomic E-state index is 13.0. The summed E-state index contributed by atoms with van der Waals surface area (Å²) < 4.78 is 0. The highest BCUT2D eigenvalue weighted by molar-refractivity contribution is 5.94. The Balaban J connectivity index is 1.63. The average Bonchev–Trinajstić information content (AvgIpc) is 3.50. The van der Waals surface area contributed by atoms with E-state index in [1.165, 1.54) is 17.0 Å². The van der Waals surface area contributed by atoms with Gasteiger partial charge < -0.3 is 36.2 Å². The molecule has 3 amide bonds. The van der Waals surface area contributed by atoms with Crippen LogP contribution in [-0.4, -0.2) is 87.8 Å². The van der Waals surface area contributed by atoms with Gasteiger partial charge in [-0.05, 0) is 49.9 Å². The average molecular weight is 463 g/mol. The van der Waals surface area contributed by atoms with Gasteiger partial charge in [0.15, 0.2) is 0 Å². The van der Waals surface area contributed by atoms with Crippen molar-refractivity contribution in [1.82, 2.24) is 20.9 Å². The first kappa shape index (κ1) is 24.5. The van der Waals surface area contributed by atoms with Gasteiger partial charge in [-0.1, -0.05) is 12.1 Å². The molecule has 4 unspecified atom stereocenters. The monoisotopic (exact) mass is 462 g/mol. The number of phenolic OH excluding ortho intramolecular Hbond substituents is 1. The number of carboxylic acids is 1. The molecule has 11 nitrogen and oxygen atoms in total. The highest BCUT2D eigenvalue weighted by Gasteiger charge is 2.39. The van der Waals surface area contributed by atoms with Gasteiger partial charge in [0.25, 0.3) is 0 Å². The van der Waals surface area contributed by atoms with E-state index in [2.05, 4.69) is 16.0 Å². The Labute approximate surface area is 191 Å². The first-order valence-electron chi connectivity index (χ1n) is 11.1. The van der Waals surface area contributed by atoms with Crippen molar-refractivity contribution >= 4 is 23.7 Å². The van der Waals surface area contributed by atoms with E-state index in [9.17, 15) is 34.5 Å². The molecule has 180 valence electrons. The number of aliphatic hydroxyl groups excluding tert-OH is 1. The zero-order valence-corrected chi connectivity index (χ0v) is 18.2. The zero-order chi connectivity index (χ0) is 24.0. The van der Waals surface area contributed by atoms with Gasteiger partial charge in [0.2, 0.25) is 17.7 Å². The molecule has 0 spiro atoms. The maximum atomic E-state index is 13.0. The van der Waals surface area contributed by atoms with Crippen LogP contribution in [0.3, 0.4) is 0 Å². The van der Waals surface area contributed by atoms with E-state index in [0.717, 1.165) is 6.42 Å². The van der Waals surface area contributed by atoms with Crippen LogP contribution in [-0.2, 0) is 25.6 Å². The molecule has 0 aromatic heterocycles. The molecule has 0 radical (unpaired) electrons. The van der Waals surface area contributed by atoms with E-state index in [-0.39, 0.29) is 24.6 Å². The molecule has 0 bridgehead atoms. The van der Waals surface area contributed by atoms with Gasteiger partial charge in [0.05, 0.1) is 12.6 Å². The lowest BCUT2D eigenvalue weighted by Crippen LogP contribution is -2.57. The number of aliphatic hydroxyl groups is 1. The van der Waals surface area contributed by atoms with Crippen LogP contribution in [0.1, 0.15) is 31.2 Å². The van der Waals surface area contributed by atoms with Gasteiger partial charge in [-0.15, -0.1) is 0 Å². The van der Waals surface area contributed by atoms with Crippen LogP contribution in [0.15, 0.2) is 24.3 Å². The van der Waals surface area contributed by atoms with E-state index in [1.54, 1.807) is 12.1 Å². The molecule has 3 rings (SSSR count). The summed E-state index contributed by atoms with van der Waals surface area (Å²) in [5.74, 6) is -2.74. The quantitative estimate of drug-likeness (QED) is 0.264. The number of hydrogen-bond acceptors (Lipinski definition) is 7. The second-order valence-corrected chi connectivity index (χ2v) is 8.35. The number of nitrogens with one attached hydrogen (secondary N) is 3. The maximum Gasteiger partial charge on any atom is 0.326 e. The number of nitrogens with zero attached hydrogens (tertiary/aromatic N) is 1. The minimum absolute atomic E-state index is 0.00569. The molecule has 0 aliphatic carbocycles. The van der Waals surface area contributed by atoms with E-state index in [4.69, 9.17) is 0 Å². The Morgan fingerprint density at radius 1 is 1.03 bits per heavy atom. The smallest absolute Gasteiger partial charge is 0.326 e. The van der Waals surface area contributed by atoms with Crippen LogP contribution >= 0.6 is 0 Å². The van der Waals surface area contributed by atoms with Gasteiger partial charge in [-0.3, -0.25) is 14.4 Å². The van der Waals surface area contributed by atoms with Crippen molar-refractivity contribution in [3.05, 3.63) is 29.8 Å². The molecular weight excluding hydrogens is 432 g/mol. The first-order valence-corrected chi connectivity index (χ1v) is 11.1. The molecule has 4 atom stereocenters. The number of carbonyl (C=O) groups excluding carboxylic acids is 3. The third kappa shape index (κ3) is 6.20. The number of benzene rings is 1.